The fourth-order valence-corrected chi connectivity index (χ4v) is 8.69. The van der Waals surface area contributed by atoms with Gasteiger partial charge in [0.25, 0.3) is 0 Å². The van der Waals surface area contributed by atoms with Crippen molar-refractivity contribution in [1.82, 2.24) is 15.1 Å². The first-order valence-electron chi connectivity index (χ1n) is 17.5. The van der Waals surface area contributed by atoms with Crippen molar-refractivity contribution in [2.45, 2.75) is 70.1 Å². The second-order valence-electron chi connectivity index (χ2n) is 14.6. The molecular formula is C36H47ClF3N6O3+. The first-order valence-corrected chi connectivity index (χ1v) is 17.9. The molecule has 13 heteroatoms. The number of carbonyl (C=O) groups is 3. The van der Waals surface area contributed by atoms with E-state index in [1.54, 1.807) is 4.90 Å². The Labute approximate surface area is 290 Å². The summed E-state index contributed by atoms with van der Waals surface area (Å²) in [7, 11) is 1.91. The van der Waals surface area contributed by atoms with E-state index in [9.17, 15) is 27.6 Å². The summed E-state index contributed by atoms with van der Waals surface area (Å²) < 4.78 is 41.7. The van der Waals surface area contributed by atoms with Crippen molar-refractivity contribution in [1.29, 1.82) is 0 Å². The highest BCUT2D eigenvalue weighted by atomic mass is 35.5. The van der Waals surface area contributed by atoms with Crippen LogP contribution in [0.1, 0.15) is 61.6 Å². The van der Waals surface area contributed by atoms with Crippen molar-refractivity contribution in [3.8, 4) is 0 Å². The van der Waals surface area contributed by atoms with E-state index in [1.165, 1.54) is 6.07 Å². The zero-order valence-electron chi connectivity index (χ0n) is 28.0. The lowest BCUT2D eigenvalue weighted by atomic mass is 9.78. The van der Waals surface area contributed by atoms with Gasteiger partial charge in [-0.1, -0.05) is 29.8 Å². The smallest absolute Gasteiger partial charge is 0.397 e. The maximum absolute atomic E-state index is 14.4. The lowest BCUT2D eigenvalue weighted by Crippen LogP contribution is -2.58. The number of nitrogens with two attached hydrogens (primary N) is 1. The van der Waals surface area contributed by atoms with Crippen molar-refractivity contribution in [2.24, 2.45) is 17.8 Å². The highest BCUT2D eigenvalue weighted by molar-refractivity contribution is 6.33. The molecule has 2 aromatic rings. The highest BCUT2D eigenvalue weighted by Gasteiger charge is 2.44. The van der Waals surface area contributed by atoms with Crippen LogP contribution in [0, 0.1) is 17.8 Å². The Balaban J connectivity index is 1.16. The van der Waals surface area contributed by atoms with Gasteiger partial charge in [-0.3, -0.25) is 9.28 Å². The Hall–Kier alpha value is -3.35. The van der Waals surface area contributed by atoms with E-state index in [0.29, 0.717) is 57.4 Å². The minimum Gasteiger partial charge on any atom is -0.397 e. The zero-order chi connectivity index (χ0) is 34.9. The molecule has 4 aliphatic rings. The van der Waals surface area contributed by atoms with Crippen molar-refractivity contribution in [2.75, 3.05) is 57.4 Å². The second kappa shape index (κ2) is 14.5. The number of nitrogens with zero attached hydrogens (tertiary/aromatic N) is 3. The molecular weight excluding hydrogens is 657 g/mol. The summed E-state index contributed by atoms with van der Waals surface area (Å²) in [4.78, 5) is 44.7. The highest BCUT2D eigenvalue weighted by Crippen LogP contribution is 2.39. The van der Waals surface area contributed by atoms with Crippen LogP contribution in [0.2, 0.25) is 5.02 Å². The van der Waals surface area contributed by atoms with Gasteiger partial charge in [-0.05, 0) is 86.4 Å². The van der Waals surface area contributed by atoms with E-state index in [1.807, 2.05) is 36.2 Å². The molecule has 4 aliphatic heterocycles. The van der Waals surface area contributed by atoms with Crippen molar-refractivity contribution < 1.29 is 32.0 Å². The lowest BCUT2D eigenvalue weighted by Gasteiger charge is -2.43. The molecule has 266 valence electrons. The van der Waals surface area contributed by atoms with E-state index in [4.69, 9.17) is 17.3 Å². The second-order valence-corrected chi connectivity index (χ2v) is 15.0. The van der Waals surface area contributed by atoms with Gasteiger partial charge in [0.2, 0.25) is 5.91 Å². The molecule has 9 nitrogen and oxygen atoms in total. The number of urea groups is 1. The van der Waals surface area contributed by atoms with Crippen LogP contribution in [0.5, 0.6) is 0 Å². The van der Waals surface area contributed by atoms with Gasteiger partial charge in [0.1, 0.15) is 0 Å². The fourth-order valence-electron chi connectivity index (χ4n) is 8.45. The van der Waals surface area contributed by atoms with Crippen LogP contribution < -0.4 is 16.4 Å². The Bertz CT molecular complexity index is 1550. The third-order valence-electron chi connectivity index (χ3n) is 11.4. The molecule has 6 rings (SSSR count). The Morgan fingerprint density at radius 3 is 2.35 bits per heavy atom. The number of alkyl halides is 3. The van der Waals surface area contributed by atoms with Gasteiger partial charge in [0, 0.05) is 50.6 Å². The van der Waals surface area contributed by atoms with Crippen molar-refractivity contribution in [3.05, 3.63) is 58.1 Å². The summed E-state index contributed by atoms with van der Waals surface area (Å²) in [6, 6.07) is 9.83. The first kappa shape index (κ1) is 35.5. The number of anilines is 2. The summed E-state index contributed by atoms with van der Waals surface area (Å²) in [6.45, 7) is 4.64. The van der Waals surface area contributed by atoms with Crippen LogP contribution in [-0.4, -0.2) is 84.5 Å². The monoisotopic (exact) mass is 703 g/mol. The summed E-state index contributed by atoms with van der Waals surface area (Å²) in [5.74, 6) is 0.00374. The average molecular weight is 704 g/mol. The Kier molecular flexibility index (Phi) is 10.5. The number of benzene rings is 2. The van der Waals surface area contributed by atoms with Gasteiger partial charge >= 0.3 is 18.1 Å². The summed E-state index contributed by atoms with van der Waals surface area (Å²) in [5.41, 5.74) is 6.18. The summed E-state index contributed by atoms with van der Waals surface area (Å²) >= 11 is 6.17. The van der Waals surface area contributed by atoms with E-state index in [0.717, 1.165) is 56.1 Å². The molecule has 3 fully saturated rings. The largest absolute Gasteiger partial charge is 0.418 e. The minimum absolute atomic E-state index is 0.0433. The Morgan fingerprint density at radius 1 is 1.02 bits per heavy atom. The number of nitrogens with one attached hydrogen (secondary N) is 2. The van der Waals surface area contributed by atoms with Gasteiger partial charge in [0.05, 0.1) is 42.3 Å². The normalized spacial score (nSPS) is 24.7. The summed E-state index contributed by atoms with van der Waals surface area (Å²) in [5, 5.41) is 6.15. The van der Waals surface area contributed by atoms with Crippen LogP contribution in [0.25, 0.3) is 0 Å². The maximum atomic E-state index is 14.4. The predicted octanol–water partition coefficient (Wildman–Crippen LogP) is 5.91. The molecule has 0 bridgehead atoms. The van der Waals surface area contributed by atoms with Gasteiger partial charge in [-0.25, -0.2) is 9.59 Å². The fraction of sp³-hybridized carbons (Fsp3) is 0.583. The minimum atomic E-state index is -4.72. The van der Waals surface area contributed by atoms with Gasteiger partial charge in [-0.2, -0.15) is 13.2 Å². The van der Waals surface area contributed by atoms with Crippen LogP contribution in [0.4, 0.5) is 29.3 Å². The van der Waals surface area contributed by atoms with Crippen LogP contribution in [0.15, 0.2) is 36.4 Å². The number of hydrogen-bond acceptors (Lipinski definition) is 5. The number of carbonyl (C=O) groups excluding carboxylic acids is 3. The van der Waals surface area contributed by atoms with E-state index < -0.39 is 23.3 Å². The van der Waals surface area contributed by atoms with Crippen LogP contribution in [-0.2, 0) is 28.7 Å². The van der Waals surface area contributed by atoms with Crippen LogP contribution in [0.3, 0.4) is 0 Å². The molecule has 0 aromatic heterocycles. The molecule has 2 aromatic carbocycles. The number of hydrogen-bond donors (Lipinski definition) is 3. The first-order chi connectivity index (χ1) is 23.3. The average Bonchev–Trinajstić information content (AvgIpc) is 3.09. The van der Waals surface area contributed by atoms with Crippen molar-refractivity contribution in [3.63, 3.8) is 0 Å². The van der Waals surface area contributed by atoms with Gasteiger partial charge in [0.15, 0.2) is 0 Å². The number of halogens is 4. The molecule has 1 unspecified atom stereocenters. The number of nitrogen functional groups attached to an aromatic ring is 1. The molecule has 0 aliphatic carbocycles. The Morgan fingerprint density at radius 2 is 1.67 bits per heavy atom. The van der Waals surface area contributed by atoms with Crippen LogP contribution >= 0.6 is 11.6 Å². The molecule has 1 atom stereocenters. The molecule has 0 saturated carbocycles. The standard InChI is InChI=1S/C36H46ClF3N6O3/c1-46(16-10-25(11-17-46)24-6-12-42-13-7-24)34(48)27(18-23-19-29(36(38,39)40)33(41)30(37)20-23)21-32(47)44-14-8-28(9-15-44)45-22-26-4-2-3-5-31(26)43-35(45)49/h2-5,19-20,24-25,27-28,42H,6-18,21-22,41H2,1H3/p+1. The van der Waals surface area contributed by atoms with Gasteiger partial charge < -0.3 is 26.2 Å². The quantitative estimate of drug-likeness (QED) is 0.246. The lowest BCUT2D eigenvalue weighted by molar-refractivity contribution is -0.843. The molecule has 0 radical (unpaired) electrons. The van der Waals surface area contributed by atoms with E-state index in [2.05, 4.69) is 10.6 Å². The zero-order valence-corrected chi connectivity index (χ0v) is 28.8. The third kappa shape index (κ3) is 7.86. The summed E-state index contributed by atoms with van der Waals surface area (Å²) in [6.07, 6.45) is 0.368. The SMILES string of the molecule is C[N+]1(C(=O)C(CC(=O)N2CCC(N3Cc4ccccc4NC3=O)CC2)Cc2cc(Cl)c(N)c(C(F)(F)F)c2)CCC(C2CCNCC2)CC1. The molecule has 0 spiro atoms. The molecule has 4 N–H and O–H groups in total. The van der Waals surface area contributed by atoms with Gasteiger partial charge in [-0.15, -0.1) is 0 Å². The van der Waals surface area contributed by atoms with E-state index in [-0.39, 0.29) is 51.8 Å². The van der Waals surface area contributed by atoms with E-state index >= 15 is 0 Å². The number of fused-ring (bicyclic) bond motifs is 1. The molecule has 4 heterocycles. The van der Waals surface area contributed by atoms with Crippen molar-refractivity contribution >= 4 is 40.8 Å². The maximum Gasteiger partial charge on any atom is 0.418 e. The topological polar surface area (TPSA) is 108 Å². The number of rotatable bonds is 7. The molecule has 49 heavy (non-hydrogen) atoms. The number of piperidine rings is 3. The predicted molar refractivity (Wildman–Crippen MR) is 183 cm³/mol. The molecule has 3 saturated heterocycles. The number of amides is 4. The number of likely N-dealkylation sites (tertiary alicyclic amines) is 2. The number of para-hydroxylation sites is 1. The molecule has 4 amide bonds. The third-order valence-corrected chi connectivity index (χ3v) is 11.7. The number of quaternary nitrogens is 1.